The standard InChI is InChI=1S/C14H22N2O3/c1-14(19,13(17)18)11-16(9-5-8-15)10-12-6-3-2-4-7-12/h2-4,6-7,19H,5,8-11,15H2,1H3,(H,17,18). The Morgan fingerprint density at radius 2 is 2.00 bits per heavy atom. The van der Waals surface area contributed by atoms with E-state index in [1.807, 2.05) is 35.2 Å². The number of hydrogen-bond donors (Lipinski definition) is 3. The Morgan fingerprint density at radius 3 is 2.53 bits per heavy atom. The second-order valence-electron chi connectivity index (χ2n) is 4.92. The average Bonchev–Trinajstić information content (AvgIpc) is 2.36. The van der Waals surface area contributed by atoms with Gasteiger partial charge in [-0.2, -0.15) is 0 Å². The fourth-order valence-corrected chi connectivity index (χ4v) is 1.87. The van der Waals surface area contributed by atoms with Crippen LogP contribution in [0.1, 0.15) is 18.9 Å². The van der Waals surface area contributed by atoms with Gasteiger partial charge >= 0.3 is 5.97 Å². The molecule has 0 aliphatic heterocycles. The highest BCUT2D eigenvalue weighted by molar-refractivity contribution is 5.76. The van der Waals surface area contributed by atoms with Crippen LogP contribution in [0.2, 0.25) is 0 Å². The van der Waals surface area contributed by atoms with Crippen molar-refractivity contribution in [3.63, 3.8) is 0 Å². The van der Waals surface area contributed by atoms with Gasteiger partial charge in [-0.1, -0.05) is 30.3 Å². The van der Waals surface area contributed by atoms with E-state index in [2.05, 4.69) is 0 Å². The van der Waals surface area contributed by atoms with Crippen molar-refractivity contribution in [1.82, 2.24) is 4.90 Å². The first kappa shape index (κ1) is 15.6. The zero-order valence-electron chi connectivity index (χ0n) is 11.2. The molecule has 1 aromatic carbocycles. The molecule has 1 aromatic rings. The van der Waals surface area contributed by atoms with Gasteiger partial charge in [-0.3, -0.25) is 4.90 Å². The van der Waals surface area contributed by atoms with Crippen molar-refractivity contribution in [2.45, 2.75) is 25.5 Å². The van der Waals surface area contributed by atoms with Gasteiger partial charge in [0.25, 0.3) is 0 Å². The van der Waals surface area contributed by atoms with E-state index < -0.39 is 11.6 Å². The van der Waals surface area contributed by atoms with Crippen LogP contribution >= 0.6 is 0 Å². The minimum absolute atomic E-state index is 0.0806. The molecular weight excluding hydrogens is 244 g/mol. The molecule has 1 rings (SSSR count). The number of carboxylic acids is 1. The average molecular weight is 266 g/mol. The minimum Gasteiger partial charge on any atom is -0.479 e. The topological polar surface area (TPSA) is 86.8 Å². The third-order valence-electron chi connectivity index (χ3n) is 2.92. The van der Waals surface area contributed by atoms with Crippen LogP contribution < -0.4 is 5.73 Å². The smallest absolute Gasteiger partial charge is 0.336 e. The molecule has 0 bridgehead atoms. The summed E-state index contributed by atoms with van der Waals surface area (Å²) in [5.74, 6) is -1.21. The Hall–Kier alpha value is -1.43. The number of carbonyl (C=O) groups is 1. The van der Waals surface area contributed by atoms with E-state index in [1.165, 1.54) is 6.92 Å². The molecule has 106 valence electrons. The van der Waals surface area contributed by atoms with Crippen molar-refractivity contribution in [1.29, 1.82) is 0 Å². The Bertz CT molecular complexity index is 393. The number of carboxylic acid groups (broad SMARTS) is 1. The predicted octanol–water partition coefficient (Wildman–Crippen LogP) is 0.673. The summed E-state index contributed by atoms with van der Waals surface area (Å²) in [6, 6.07) is 9.76. The minimum atomic E-state index is -1.75. The van der Waals surface area contributed by atoms with Crippen LogP contribution in [-0.4, -0.2) is 46.3 Å². The maximum atomic E-state index is 11.0. The number of nitrogens with zero attached hydrogens (tertiary/aromatic N) is 1. The van der Waals surface area contributed by atoms with Gasteiger partial charge in [-0.05, 0) is 32.0 Å². The number of nitrogens with two attached hydrogens (primary N) is 1. The zero-order valence-corrected chi connectivity index (χ0v) is 11.2. The lowest BCUT2D eigenvalue weighted by Crippen LogP contribution is -2.47. The maximum Gasteiger partial charge on any atom is 0.336 e. The Balaban J connectivity index is 2.69. The quantitative estimate of drug-likeness (QED) is 0.644. The Labute approximate surface area is 113 Å². The first-order valence-electron chi connectivity index (χ1n) is 6.38. The lowest BCUT2D eigenvalue weighted by Gasteiger charge is -2.28. The number of rotatable bonds is 8. The molecule has 1 unspecified atom stereocenters. The highest BCUT2D eigenvalue weighted by Gasteiger charge is 2.32. The summed E-state index contributed by atoms with van der Waals surface area (Å²) in [5.41, 5.74) is 4.83. The number of aliphatic hydroxyl groups is 1. The molecule has 0 aliphatic rings. The molecule has 0 heterocycles. The summed E-state index contributed by atoms with van der Waals surface area (Å²) >= 11 is 0. The van der Waals surface area contributed by atoms with Gasteiger partial charge in [-0.15, -0.1) is 0 Å². The molecule has 0 saturated carbocycles. The van der Waals surface area contributed by atoms with Gasteiger partial charge in [0.15, 0.2) is 5.60 Å². The third-order valence-corrected chi connectivity index (χ3v) is 2.92. The molecule has 0 fully saturated rings. The van der Waals surface area contributed by atoms with Crippen LogP contribution in [0.5, 0.6) is 0 Å². The molecular formula is C14H22N2O3. The summed E-state index contributed by atoms with van der Waals surface area (Å²) in [6.07, 6.45) is 0.766. The van der Waals surface area contributed by atoms with E-state index in [0.29, 0.717) is 19.6 Å². The van der Waals surface area contributed by atoms with Crippen LogP contribution in [0.3, 0.4) is 0 Å². The predicted molar refractivity (Wildman–Crippen MR) is 73.7 cm³/mol. The van der Waals surface area contributed by atoms with Gasteiger partial charge in [-0.25, -0.2) is 4.79 Å². The number of benzene rings is 1. The van der Waals surface area contributed by atoms with Gasteiger partial charge < -0.3 is 15.9 Å². The molecule has 0 saturated heterocycles. The molecule has 4 N–H and O–H groups in total. The molecule has 0 spiro atoms. The summed E-state index contributed by atoms with van der Waals surface area (Å²) in [5, 5.41) is 18.8. The highest BCUT2D eigenvalue weighted by Crippen LogP contribution is 2.11. The summed E-state index contributed by atoms with van der Waals surface area (Å²) in [6.45, 7) is 3.20. The molecule has 19 heavy (non-hydrogen) atoms. The number of aliphatic carboxylic acids is 1. The summed E-state index contributed by atoms with van der Waals surface area (Å²) < 4.78 is 0. The number of hydrogen-bond acceptors (Lipinski definition) is 4. The normalized spacial score (nSPS) is 14.3. The molecule has 0 amide bonds. The molecule has 0 aliphatic carbocycles. The second kappa shape index (κ2) is 7.23. The second-order valence-corrected chi connectivity index (χ2v) is 4.92. The van der Waals surface area contributed by atoms with Crippen molar-refractivity contribution < 1.29 is 15.0 Å². The van der Waals surface area contributed by atoms with E-state index in [4.69, 9.17) is 10.8 Å². The first-order chi connectivity index (χ1) is 8.95. The van der Waals surface area contributed by atoms with Crippen LogP contribution in [0.15, 0.2) is 30.3 Å². The largest absolute Gasteiger partial charge is 0.479 e. The van der Waals surface area contributed by atoms with Crippen molar-refractivity contribution in [2.75, 3.05) is 19.6 Å². The van der Waals surface area contributed by atoms with E-state index >= 15 is 0 Å². The summed E-state index contributed by atoms with van der Waals surface area (Å²) in [4.78, 5) is 12.9. The SMILES string of the molecule is CC(O)(CN(CCCN)Cc1ccccc1)C(=O)O. The lowest BCUT2D eigenvalue weighted by molar-refractivity contribution is -0.158. The van der Waals surface area contributed by atoms with E-state index in [9.17, 15) is 9.90 Å². The third kappa shape index (κ3) is 5.38. The fraction of sp³-hybridized carbons (Fsp3) is 0.500. The van der Waals surface area contributed by atoms with E-state index in [1.54, 1.807) is 0 Å². The van der Waals surface area contributed by atoms with Gasteiger partial charge in [0.1, 0.15) is 0 Å². The van der Waals surface area contributed by atoms with Gasteiger partial charge in [0.2, 0.25) is 0 Å². The van der Waals surface area contributed by atoms with Crippen molar-refractivity contribution in [3.8, 4) is 0 Å². The first-order valence-corrected chi connectivity index (χ1v) is 6.38. The Kier molecular flexibility index (Phi) is 5.95. The van der Waals surface area contributed by atoms with Crippen molar-refractivity contribution in [2.24, 2.45) is 5.73 Å². The molecule has 0 aromatic heterocycles. The van der Waals surface area contributed by atoms with Crippen molar-refractivity contribution in [3.05, 3.63) is 35.9 Å². The van der Waals surface area contributed by atoms with Gasteiger partial charge in [0, 0.05) is 13.1 Å². The fourth-order valence-electron chi connectivity index (χ4n) is 1.87. The summed E-state index contributed by atoms with van der Waals surface area (Å²) in [7, 11) is 0. The molecule has 1 atom stereocenters. The van der Waals surface area contributed by atoms with Crippen LogP contribution in [0.25, 0.3) is 0 Å². The molecule has 5 nitrogen and oxygen atoms in total. The Morgan fingerprint density at radius 1 is 1.37 bits per heavy atom. The van der Waals surface area contributed by atoms with E-state index in [0.717, 1.165) is 12.0 Å². The van der Waals surface area contributed by atoms with Crippen LogP contribution in [0.4, 0.5) is 0 Å². The zero-order chi connectivity index (χ0) is 14.3. The maximum absolute atomic E-state index is 11.0. The van der Waals surface area contributed by atoms with Crippen LogP contribution in [0, 0.1) is 0 Å². The molecule has 5 heteroatoms. The van der Waals surface area contributed by atoms with E-state index in [-0.39, 0.29) is 6.54 Å². The van der Waals surface area contributed by atoms with Crippen molar-refractivity contribution >= 4 is 5.97 Å². The van der Waals surface area contributed by atoms with Crippen LogP contribution in [-0.2, 0) is 11.3 Å². The highest BCUT2D eigenvalue weighted by atomic mass is 16.4. The lowest BCUT2D eigenvalue weighted by atomic mass is 10.1. The molecule has 0 radical (unpaired) electrons. The van der Waals surface area contributed by atoms with Gasteiger partial charge in [0.05, 0.1) is 0 Å². The monoisotopic (exact) mass is 266 g/mol.